The summed E-state index contributed by atoms with van der Waals surface area (Å²) in [4.78, 5) is 28.8. The summed E-state index contributed by atoms with van der Waals surface area (Å²) in [7, 11) is 0. The molecule has 1 amide bonds. The van der Waals surface area contributed by atoms with Crippen LogP contribution in [0.15, 0.2) is 47.9 Å². The Labute approximate surface area is 177 Å². The van der Waals surface area contributed by atoms with Crippen molar-refractivity contribution in [3.05, 3.63) is 59.7 Å². The zero-order chi connectivity index (χ0) is 20.1. The topological polar surface area (TPSA) is 59.0 Å². The molecule has 0 N–H and O–H groups in total. The first-order chi connectivity index (χ1) is 14.2. The summed E-state index contributed by atoms with van der Waals surface area (Å²) in [6.07, 6.45) is 13.1. The van der Waals surface area contributed by atoms with Crippen LogP contribution in [0.4, 0.5) is 0 Å². The van der Waals surface area contributed by atoms with Gasteiger partial charge in [0.15, 0.2) is 5.16 Å². The summed E-state index contributed by atoms with van der Waals surface area (Å²) in [6, 6.07) is 5.95. The van der Waals surface area contributed by atoms with E-state index in [9.17, 15) is 4.79 Å². The van der Waals surface area contributed by atoms with Crippen molar-refractivity contribution >= 4 is 17.7 Å². The molecule has 0 radical (unpaired) electrons. The first kappa shape index (κ1) is 20.1. The number of amides is 1. The molecule has 2 aliphatic rings. The molecule has 5 nitrogen and oxygen atoms in total. The Hall–Kier alpha value is -2.21. The largest absolute Gasteiger partial charge is 0.342 e. The number of hydrogen-bond donors (Lipinski definition) is 0. The molecule has 1 aliphatic heterocycles. The molecule has 152 valence electrons. The molecule has 2 atom stereocenters. The standard InChI is InChI=1S/C23H28N4OS/c1-17-14-25-23(29-16-20-11-5-6-12-24-20)26-21(17)19-10-7-13-27(15-19)22(28)18-8-3-2-4-9-18/h2-3,5-6,11-12,14,18-19H,4,7-10,13,15-16H2,1H3/t18-,19-/m0/s1. The number of nitrogens with zero attached hydrogens (tertiary/aromatic N) is 4. The zero-order valence-corrected chi connectivity index (χ0v) is 17.8. The molecule has 0 aromatic carbocycles. The molecule has 6 heteroatoms. The van der Waals surface area contributed by atoms with Gasteiger partial charge in [-0.2, -0.15) is 0 Å². The Kier molecular flexibility index (Phi) is 6.60. The molecule has 1 fully saturated rings. The van der Waals surface area contributed by atoms with Gasteiger partial charge in [0.1, 0.15) is 0 Å². The number of aromatic nitrogens is 3. The van der Waals surface area contributed by atoms with Crippen LogP contribution in [0.3, 0.4) is 0 Å². The van der Waals surface area contributed by atoms with Crippen LogP contribution in [0.5, 0.6) is 0 Å². The van der Waals surface area contributed by atoms with E-state index in [4.69, 9.17) is 4.98 Å². The fourth-order valence-corrected chi connectivity index (χ4v) is 4.96. The van der Waals surface area contributed by atoms with Gasteiger partial charge in [-0.05, 0) is 56.7 Å². The van der Waals surface area contributed by atoms with Crippen molar-refractivity contribution in [3.63, 3.8) is 0 Å². The van der Waals surface area contributed by atoms with Gasteiger partial charge >= 0.3 is 0 Å². The van der Waals surface area contributed by atoms with Crippen molar-refractivity contribution < 1.29 is 4.79 Å². The number of hydrogen-bond acceptors (Lipinski definition) is 5. The Morgan fingerprint density at radius 2 is 2.17 bits per heavy atom. The predicted octanol–water partition coefficient (Wildman–Crippen LogP) is 4.53. The van der Waals surface area contributed by atoms with Gasteiger partial charge in [0.2, 0.25) is 5.91 Å². The number of rotatable bonds is 5. The van der Waals surface area contributed by atoms with Gasteiger partial charge in [-0.25, -0.2) is 9.97 Å². The summed E-state index contributed by atoms with van der Waals surface area (Å²) in [5.74, 6) is 1.54. The minimum atomic E-state index is 0.162. The number of thioether (sulfide) groups is 1. The van der Waals surface area contributed by atoms with Crippen molar-refractivity contribution in [1.29, 1.82) is 0 Å². The Morgan fingerprint density at radius 3 is 2.97 bits per heavy atom. The molecule has 1 aliphatic carbocycles. The van der Waals surface area contributed by atoms with E-state index < -0.39 is 0 Å². The number of carbonyl (C=O) groups excluding carboxylic acids is 1. The first-order valence-electron chi connectivity index (χ1n) is 10.5. The molecule has 4 rings (SSSR count). The van der Waals surface area contributed by atoms with Crippen molar-refractivity contribution in [2.75, 3.05) is 13.1 Å². The van der Waals surface area contributed by atoms with Crippen LogP contribution in [0.25, 0.3) is 0 Å². The molecule has 0 unspecified atom stereocenters. The van der Waals surface area contributed by atoms with Crippen LogP contribution in [0.2, 0.25) is 0 Å². The molecule has 3 heterocycles. The third kappa shape index (κ3) is 5.04. The second kappa shape index (κ2) is 9.53. The quantitative estimate of drug-likeness (QED) is 0.413. The minimum Gasteiger partial charge on any atom is -0.342 e. The highest BCUT2D eigenvalue weighted by atomic mass is 32.2. The van der Waals surface area contributed by atoms with Gasteiger partial charge in [-0.1, -0.05) is 30.0 Å². The van der Waals surface area contributed by atoms with Gasteiger partial charge in [-0.3, -0.25) is 9.78 Å². The highest BCUT2D eigenvalue weighted by molar-refractivity contribution is 7.98. The van der Waals surface area contributed by atoms with Gasteiger partial charge in [0, 0.05) is 43.1 Å². The van der Waals surface area contributed by atoms with E-state index in [1.54, 1.807) is 11.8 Å². The summed E-state index contributed by atoms with van der Waals surface area (Å²) in [6.45, 7) is 3.73. The Bertz CT molecular complexity index is 870. The molecule has 2 aromatic heterocycles. The molecule has 29 heavy (non-hydrogen) atoms. The van der Waals surface area contributed by atoms with E-state index in [-0.39, 0.29) is 5.92 Å². The number of carbonyl (C=O) groups is 1. The summed E-state index contributed by atoms with van der Waals surface area (Å²) >= 11 is 1.62. The summed E-state index contributed by atoms with van der Waals surface area (Å²) < 4.78 is 0. The van der Waals surface area contributed by atoms with Gasteiger partial charge in [0.25, 0.3) is 0 Å². The fraction of sp³-hybridized carbons (Fsp3) is 0.478. The van der Waals surface area contributed by atoms with Crippen molar-refractivity contribution in [2.24, 2.45) is 5.92 Å². The summed E-state index contributed by atoms with van der Waals surface area (Å²) in [5.41, 5.74) is 3.25. The third-order valence-corrected chi connectivity index (χ3v) is 6.70. The maximum atomic E-state index is 13.0. The normalized spacial score (nSPS) is 21.9. The highest BCUT2D eigenvalue weighted by Crippen LogP contribution is 2.31. The van der Waals surface area contributed by atoms with E-state index in [2.05, 4.69) is 33.9 Å². The predicted molar refractivity (Wildman–Crippen MR) is 116 cm³/mol. The van der Waals surface area contributed by atoms with Crippen molar-refractivity contribution in [2.45, 2.75) is 55.9 Å². The number of pyridine rings is 1. The van der Waals surface area contributed by atoms with Gasteiger partial charge in [-0.15, -0.1) is 0 Å². The number of likely N-dealkylation sites (tertiary alicyclic amines) is 1. The molecule has 1 saturated heterocycles. The number of aryl methyl sites for hydroxylation is 1. The highest BCUT2D eigenvalue weighted by Gasteiger charge is 2.30. The smallest absolute Gasteiger partial charge is 0.226 e. The van der Waals surface area contributed by atoms with E-state index in [1.807, 2.05) is 30.6 Å². The van der Waals surface area contributed by atoms with Crippen LogP contribution >= 0.6 is 11.8 Å². The molecule has 0 bridgehead atoms. The zero-order valence-electron chi connectivity index (χ0n) is 17.0. The van der Waals surface area contributed by atoms with Crippen LogP contribution < -0.4 is 0 Å². The lowest BCUT2D eigenvalue weighted by Gasteiger charge is -2.35. The first-order valence-corrected chi connectivity index (χ1v) is 11.5. The summed E-state index contributed by atoms with van der Waals surface area (Å²) in [5, 5.41) is 0.789. The van der Waals surface area contributed by atoms with Crippen LogP contribution in [-0.2, 0) is 10.5 Å². The average Bonchev–Trinajstić information content (AvgIpc) is 2.79. The number of piperidine rings is 1. The minimum absolute atomic E-state index is 0.162. The molecule has 0 spiro atoms. The van der Waals surface area contributed by atoms with Crippen LogP contribution in [-0.4, -0.2) is 38.8 Å². The van der Waals surface area contributed by atoms with E-state index in [1.165, 1.54) is 0 Å². The lowest BCUT2D eigenvalue weighted by Crippen LogP contribution is -2.42. The van der Waals surface area contributed by atoms with Gasteiger partial charge in [0.05, 0.1) is 11.4 Å². The Balaban J connectivity index is 1.44. The van der Waals surface area contributed by atoms with Crippen molar-refractivity contribution in [3.8, 4) is 0 Å². The molecular formula is C23H28N4OS. The maximum Gasteiger partial charge on any atom is 0.226 e. The van der Waals surface area contributed by atoms with E-state index >= 15 is 0 Å². The number of allylic oxidation sites excluding steroid dienone is 2. The monoisotopic (exact) mass is 408 g/mol. The fourth-order valence-electron chi connectivity index (χ4n) is 4.22. The van der Waals surface area contributed by atoms with Crippen molar-refractivity contribution in [1.82, 2.24) is 19.9 Å². The van der Waals surface area contributed by atoms with Crippen LogP contribution in [0.1, 0.15) is 55.0 Å². The Morgan fingerprint density at radius 1 is 1.24 bits per heavy atom. The second-order valence-electron chi connectivity index (χ2n) is 7.94. The SMILES string of the molecule is Cc1cnc(SCc2ccccn2)nc1[C@H]1CCCN(C(=O)[C@H]2CC=CCC2)C1. The molecule has 0 saturated carbocycles. The third-order valence-electron chi connectivity index (χ3n) is 5.80. The van der Waals surface area contributed by atoms with E-state index in [0.29, 0.717) is 11.8 Å². The maximum absolute atomic E-state index is 13.0. The average molecular weight is 409 g/mol. The van der Waals surface area contributed by atoms with E-state index in [0.717, 1.165) is 73.1 Å². The molecule has 2 aromatic rings. The lowest BCUT2D eigenvalue weighted by molar-refractivity contribution is -0.137. The lowest BCUT2D eigenvalue weighted by atomic mass is 9.89. The van der Waals surface area contributed by atoms with Crippen LogP contribution in [0, 0.1) is 12.8 Å². The van der Waals surface area contributed by atoms with Gasteiger partial charge < -0.3 is 4.90 Å². The molecular weight excluding hydrogens is 380 g/mol. The second-order valence-corrected chi connectivity index (χ2v) is 8.88.